The summed E-state index contributed by atoms with van der Waals surface area (Å²) in [7, 11) is 0. The predicted octanol–water partition coefficient (Wildman–Crippen LogP) is 1.90. The zero-order valence-corrected chi connectivity index (χ0v) is 12.5. The van der Waals surface area contributed by atoms with E-state index in [4.69, 9.17) is 11.6 Å². The summed E-state index contributed by atoms with van der Waals surface area (Å²) in [6.45, 7) is 1.11. The number of carbonyl (C=O) groups excluding carboxylic acids is 1. The molecule has 1 heterocycles. The van der Waals surface area contributed by atoms with Gasteiger partial charge >= 0.3 is 5.97 Å². The fourth-order valence-corrected chi connectivity index (χ4v) is 2.74. The number of hydrogen-bond acceptors (Lipinski definition) is 3. The van der Waals surface area contributed by atoms with Crippen molar-refractivity contribution in [1.82, 2.24) is 10.2 Å². The predicted molar refractivity (Wildman–Crippen MR) is 80.1 cm³/mol. The van der Waals surface area contributed by atoms with E-state index in [0.29, 0.717) is 24.5 Å². The van der Waals surface area contributed by atoms with Gasteiger partial charge in [0.15, 0.2) is 0 Å². The number of hydrogen-bond donors (Lipinski definition) is 2. The fourth-order valence-electron chi connectivity index (χ4n) is 2.54. The van der Waals surface area contributed by atoms with Gasteiger partial charge in [-0.3, -0.25) is 14.5 Å². The molecule has 0 spiro atoms. The Morgan fingerprint density at radius 3 is 2.81 bits per heavy atom. The molecule has 21 heavy (non-hydrogen) atoms. The van der Waals surface area contributed by atoms with E-state index in [1.54, 1.807) is 11.0 Å². The lowest BCUT2D eigenvalue weighted by atomic mass is 10.0. The van der Waals surface area contributed by atoms with Gasteiger partial charge in [0.25, 0.3) is 0 Å². The van der Waals surface area contributed by atoms with Crippen molar-refractivity contribution >= 4 is 23.5 Å². The molecule has 1 unspecified atom stereocenters. The lowest BCUT2D eigenvalue weighted by molar-refractivity contribution is -0.145. The molecule has 0 aromatic heterocycles. The van der Waals surface area contributed by atoms with Crippen LogP contribution in [0.25, 0.3) is 0 Å². The molecule has 0 bridgehead atoms. The Kier molecular flexibility index (Phi) is 5.59. The largest absolute Gasteiger partial charge is 0.480 e. The van der Waals surface area contributed by atoms with Crippen molar-refractivity contribution in [3.05, 3.63) is 34.9 Å². The van der Waals surface area contributed by atoms with Crippen molar-refractivity contribution < 1.29 is 14.7 Å². The van der Waals surface area contributed by atoms with Gasteiger partial charge in [0, 0.05) is 11.6 Å². The van der Waals surface area contributed by atoms with Gasteiger partial charge in [0.1, 0.15) is 6.04 Å². The highest BCUT2D eigenvalue weighted by Crippen LogP contribution is 2.17. The Balaban J connectivity index is 1.86. The van der Waals surface area contributed by atoms with Crippen molar-refractivity contribution in [3.8, 4) is 0 Å². The van der Waals surface area contributed by atoms with E-state index in [9.17, 15) is 14.7 Å². The molecule has 6 heteroatoms. The van der Waals surface area contributed by atoms with Gasteiger partial charge in [-0.05, 0) is 31.0 Å². The molecule has 2 N–H and O–H groups in total. The van der Waals surface area contributed by atoms with Gasteiger partial charge in [0.05, 0.1) is 6.54 Å². The normalized spacial score (nSPS) is 19.2. The van der Waals surface area contributed by atoms with E-state index >= 15 is 0 Å². The van der Waals surface area contributed by atoms with Crippen molar-refractivity contribution in [2.75, 3.05) is 13.1 Å². The van der Waals surface area contributed by atoms with E-state index in [-0.39, 0.29) is 12.5 Å². The number of carboxylic acids is 1. The summed E-state index contributed by atoms with van der Waals surface area (Å²) in [6.07, 6.45) is 2.43. The summed E-state index contributed by atoms with van der Waals surface area (Å²) in [5, 5.41) is 12.6. The van der Waals surface area contributed by atoms with E-state index < -0.39 is 12.0 Å². The topological polar surface area (TPSA) is 69.6 Å². The van der Waals surface area contributed by atoms with Crippen LogP contribution in [0.5, 0.6) is 0 Å². The third kappa shape index (κ3) is 4.44. The molecule has 1 aromatic carbocycles. The molecule has 0 saturated carbocycles. The van der Waals surface area contributed by atoms with Crippen molar-refractivity contribution in [2.24, 2.45) is 0 Å². The maximum absolute atomic E-state index is 12.0. The lowest BCUT2D eigenvalue weighted by Gasteiger charge is -2.32. The van der Waals surface area contributed by atoms with Crippen LogP contribution in [0, 0.1) is 0 Å². The van der Waals surface area contributed by atoms with E-state index in [0.717, 1.165) is 18.4 Å². The number of nitrogens with zero attached hydrogens (tertiary/aromatic N) is 1. The average Bonchev–Trinajstić information content (AvgIpc) is 2.47. The van der Waals surface area contributed by atoms with Crippen LogP contribution in [0.2, 0.25) is 5.02 Å². The minimum absolute atomic E-state index is 0.113. The Hall–Kier alpha value is -1.59. The quantitative estimate of drug-likeness (QED) is 0.871. The van der Waals surface area contributed by atoms with Crippen LogP contribution in [0.15, 0.2) is 24.3 Å². The first-order valence-corrected chi connectivity index (χ1v) is 7.42. The summed E-state index contributed by atoms with van der Waals surface area (Å²) in [6, 6.07) is 6.76. The molecule has 5 nitrogen and oxygen atoms in total. The third-order valence-corrected chi connectivity index (χ3v) is 4.05. The van der Waals surface area contributed by atoms with Crippen molar-refractivity contribution in [2.45, 2.75) is 31.8 Å². The number of aliphatic carboxylic acids is 1. The number of carbonyl (C=O) groups is 2. The molecule has 0 radical (unpaired) electrons. The van der Waals surface area contributed by atoms with Crippen LogP contribution < -0.4 is 5.32 Å². The van der Waals surface area contributed by atoms with Crippen molar-refractivity contribution in [3.63, 3.8) is 0 Å². The molecule has 1 amide bonds. The van der Waals surface area contributed by atoms with Crippen LogP contribution >= 0.6 is 11.6 Å². The first-order valence-electron chi connectivity index (χ1n) is 7.05. The number of amides is 1. The molecule has 1 aliphatic rings. The smallest absolute Gasteiger partial charge is 0.320 e. The zero-order valence-electron chi connectivity index (χ0n) is 11.7. The highest BCUT2D eigenvalue weighted by molar-refractivity contribution is 6.31. The van der Waals surface area contributed by atoms with Gasteiger partial charge < -0.3 is 10.4 Å². The monoisotopic (exact) mass is 310 g/mol. The van der Waals surface area contributed by atoms with E-state index in [2.05, 4.69) is 5.32 Å². The van der Waals surface area contributed by atoms with Crippen molar-refractivity contribution in [1.29, 1.82) is 0 Å². The molecule has 114 valence electrons. The molecule has 2 rings (SSSR count). The number of nitrogens with one attached hydrogen (secondary N) is 1. The summed E-state index contributed by atoms with van der Waals surface area (Å²) in [5.41, 5.74) is 0.848. The summed E-state index contributed by atoms with van der Waals surface area (Å²) in [4.78, 5) is 24.9. The molecule has 1 aromatic rings. The molecular weight excluding hydrogens is 292 g/mol. The van der Waals surface area contributed by atoms with Gasteiger partial charge in [-0.1, -0.05) is 36.2 Å². The molecular formula is C15H19ClN2O3. The van der Waals surface area contributed by atoms with Gasteiger partial charge in [0.2, 0.25) is 5.91 Å². The average molecular weight is 311 g/mol. The Bertz CT molecular complexity index is 521. The van der Waals surface area contributed by atoms with Crippen LogP contribution in [-0.4, -0.2) is 41.0 Å². The second-order valence-corrected chi connectivity index (χ2v) is 5.60. The molecule has 1 aliphatic heterocycles. The first kappa shape index (κ1) is 15.8. The lowest BCUT2D eigenvalue weighted by Crippen LogP contribution is -2.48. The number of benzene rings is 1. The molecule has 0 aliphatic carbocycles. The number of likely N-dealkylation sites (tertiary alicyclic amines) is 1. The van der Waals surface area contributed by atoms with Crippen LogP contribution in [0.4, 0.5) is 0 Å². The number of halogens is 1. The molecule has 1 fully saturated rings. The highest BCUT2D eigenvalue weighted by atomic mass is 35.5. The maximum atomic E-state index is 12.0. The molecule has 1 saturated heterocycles. The standard InChI is InChI=1S/C15H19ClN2O3/c16-12-6-2-1-5-11(12)9-17-14(19)10-18-8-4-3-7-13(18)15(20)21/h1-2,5-6,13H,3-4,7-10H2,(H,17,19)(H,20,21). The van der Waals surface area contributed by atoms with Gasteiger partial charge in [-0.25, -0.2) is 0 Å². The second-order valence-electron chi connectivity index (χ2n) is 5.19. The van der Waals surface area contributed by atoms with Crippen LogP contribution in [0.1, 0.15) is 24.8 Å². The van der Waals surface area contributed by atoms with Crippen LogP contribution in [0.3, 0.4) is 0 Å². The minimum Gasteiger partial charge on any atom is -0.480 e. The number of piperidine rings is 1. The Labute approximate surface area is 128 Å². The van der Waals surface area contributed by atoms with Crippen LogP contribution in [-0.2, 0) is 16.1 Å². The van der Waals surface area contributed by atoms with E-state index in [1.807, 2.05) is 18.2 Å². The SMILES string of the molecule is O=C(CN1CCCCC1C(=O)O)NCc1ccccc1Cl. The highest BCUT2D eigenvalue weighted by Gasteiger charge is 2.29. The minimum atomic E-state index is -0.853. The third-order valence-electron chi connectivity index (χ3n) is 3.68. The van der Waals surface area contributed by atoms with Gasteiger partial charge in [-0.15, -0.1) is 0 Å². The zero-order chi connectivity index (χ0) is 15.2. The summed E-state index contributed by atoms with van der Waals surface area (Å²) >= 11 is 6.02. The molecule has 1 atom stereocenters. The Morgan fingerprint density at radius 2 is 2.10 bits per heavy atom. The van der Waals surface area contributed by atoms with E-state index in [1.165, 1.54) is 0 Å². The van der Waals surface area contributed by atoms with Gasteiger partial charge in [-0.2, -0.15) is 0 Å². The summed E-state index contributed by atoms with van der Waals surface area (Å²) < 4.78 is 0. The number of rotatable bonds is 5. The fraction of sp³-hybridized carbons (Fsp3) is 0.467. The maximum Gasteiger partial charge on any atom is 0.320 e. The second kappa shape index (κ2) is 7.43. The number of carboxylic acid groups (broad SMARTS) is 1. The first-order chi connectivity index (χ1) is 10.1. The summed E-state index contributed by atoms with van der Waals surface area (Å²) in [5.74, 6) is -1.03. The Morgan fingerprint density at radius 1 is 1.33 bits per heavy atom.